The van der Waals surface area contributed by atoms with Gasteiger partial charge >= 0.3 is 0 Å². The van der Waals surface area contributed by atoms with E-state index < -0.39 is 0 Å². The maximum Gasteiger partial charge on any atom is 0.274 e. The Morgan fingerprint density at radius 1 is 1.04 bits per heavy atom. The number of likely N-dealkylation sites (tertiary alicyclic amines) is 2. The van der Waals surface area contributed by atoms with E-state index >= 15 is 0 Å². The molecule has 0 N–H and O–H groups in total. The minimum absolute atomic E-state index is 0.395. The van der Waals surface area contributed by atoms with Crippen LogP contribution in [0.2, 0.25) is 0 Å². The molecule has 148 valence electrons. The summed E-state index contributed by atoms with van der Waals surface area (Å²) in [4.78, 5) is 9.31. The van der Waals surface area contributed by atoms with Crippen LogP contribution in [0.25, 0.3) is 0 Å². The number of aryl methyl sites for hydroxylation is 2. The summed E-state index contributed by atoms with van der Waals surface area (Å²) in [6.45, 7) is 11.5. The summed E-state index contributed by atoms with van der Waals surface area (Å²) in [5.74, 6) is 4.34. The molecule has 8 heteroatoms. The Morgan fingerprint density at radius 2 is 1.74 bits per heavy atom. The third-order valence-electron chi connectivity index (χ3n) is 6.20. The van der Waals surface area contributed by atoms with Crippen LogP contribution in [0.1, 0.15) is 61.0 Å². The second-order valence-electron chi connectivity index (χ2n) is 8.21. The molecule has 2 aliphatic rings. The highest BCUT2D eigenvalue weighted by Crippen LogP contribution is 2.27. The van der Waals surface area contributed by atoms with Gasteiger partial charge in [0.2, 0.25) is 11.7 Å². The summed E-state index contributed by atoms with van der Waals surface area (Å²) in [6, 6.07) is 0.585. The molecule has 4 rings (SSSR count). The lowest BCUT2D eigenvalue weighted by molar-refractivity contribution is -0.737. The van der Waals surface area contributed by atoms with E-state index in [-0.39, 0.29) is 0 Å². The van der Waals surface area contributed by atoms with Crippen molar-refractivity contribution in [2.45, 2.75) is 65.1 Å². The smallest absolute Gasteiger partial charge is 0.274 e. The third-order valence-corrected chi connectivity index (χ3v) is 6.20. The van der Waals surface area contributed by atoms with Gasteiger partial charge in [-0.15, -0.1) is 0 Å². The van der Waals surface area contributed by atoms with Gasteiger partial charge in [-0.2, -0.15) is 4.98 Å². The van der Waals surface area contributed by atoms with Crippen molar-refractivity contribution >= 4 is 0 Å². The summed E-state index contributed by atoms with van der Waals surface area (Å²) >= 11 is 0. The van der Waals surface area contributed by atoms with Crippen LogP contribution < -0.4 is 4.57 Å². The maximum atomic E-state index is 5.37. The molecule has 0 bridgehead atoms. The van der Waals surface area contributed by atoms with E-state index in [1.807, 2.05) is 6.92 Å². The lowest BCUT2D eigenvalue weighted by atomic mass is 9.97. The van der Waals surface area contributed by atoms with Crippen LogP contribution in [0.5, 0.6) is 0 Å². The number of hydrogen-bond acceptors (Lipinski definition) is 6. The summed E-state index contributed by atoms with van der Waals surface area (Å²) in [6.07, 6.45) is 4.55. The molecule has 27 heavy (non-hydrogen) atoms. The van der Waals surface area contributed by atoms with E-state index in [1.54, 1.807) is 0 Å². The molecule has 2 fully saturated rings. The fraction of sp³-hybridized carbons (Fsp3) is 0.789. The molecule has 2 aliphatic heterocycles. The van der Waals surface area contributed by atoms with E-state index in [9.17, 15) is 0 Å². The van der Waals surface area contributed by atoms with Gasteiger partial charge in [0.25, 0.3) is 5.82 Å². The average molecular weight is 375 g/mol. The van der Waals surface area contributed by atoms with E-state index in [2.05, 4.69) is 50.1 Å². The second kappa shape index (κ2) is 7.67. The Labute approximate surface area is 161 Å². The molecule has 2 aromatic rings. The lowest BCUT2D eigenvalue weighted by Crippen LogP contribution is -2.48. The Kier molecular flexibility index (Phi) is 5.27. The van der Waals surface area contributed by atoms with Crippen LogP contribution in [-0.2, 0) is 6.67 Å². The van der Waals surface area contributed by atoms with Crippen molar-refractivity contribution in [2.75, 3.05) is 33.2 Å². The highest BCUT2D eigenvalue weighted by Gasteiger charge is 2.31. The molecular formula is C19H32N7O+. The first kappa shape index (κ1) is 18.6. The van der Waals surface area contributed by atoms with Gasteiger partial charge in [-0.05, 0) is 39.7 Å². The molecular weight excluding hydrogens is 342 g/mol. The summed E-state index contributed by atoms with van der Waals surface area (Å²) in [7, 11) is 2.21. The van der Waals surface area contributed by atoms with Crippen molar-refractivity contribution < 1.29 is 9.09 Å². The van der Waals surface area contributed by atoms with Gasteiger partial charge < -0.3 is 9.42 Å². The highest BCUT2D eigenvalue weighted by atomic mass is 16.5. The monoisotopic (exact) mass is 374 g/mol. The quantitative estimate of drug-likeness (QED) is 0.757. The molecule has 0 aromatic carbocycles. The van der Waals surface area contributed by atoms with Crippen molar-refractivity contribution in [3.8, 4) is 0 Å². The normalized spacial score (nSPS) is 21.2. The van der Waals surface area contributed by atoms with Gasteiger partial charge in [0, 0.05) is 51.0 Å². The van der Waals surface area contributed by atoms with Gasteiger partial charge in [-0.3, -0.25) is 4.90 Å². The Hall–Kier alpha value is -1.80. The van der Waals surface area contributed by atoms with E-state index in [0.29, 0.717) is 12.0 Å². The van der Waals surface area contributed by atoms with Crippen molar-refractivity contribution in [1.82, 2.24) is 29.7 Å². The summed E-state index contributed by atoms with van der Waals surface area (Å²) < 4.78 is 10.0. The van der Waals surface area contributed by atoms with E-state index in [4.69, 9.17) is 9.62 Å². The van der Waals surface area contributed by atoms with Crippen LogP contribution in [0.3, 0.4) is 0 Å². The summed E-state index contributed by atoms with van der Waals surface area (Å²) in [5.41, 5.74) is 0. The van der Waals surface area contributed by atoms with Gasteiger partial charge in [0.05, 0.1) is 6.04 Å². The standard InChI is InChI=1S/C19H32N7O/c1-14-20-19(27-22-14)17-5-11-24(12-6-17)13-25-16(3)26(15(2)21-25)18-7-9-23(4)10-8-18/h17-18H,5-13H2,1-4H3/q+1. The minimum Gasteiger partial charge on any atom is -0.339 e. The Bertz CT molecular complexity index is 767. The Morgan fingerprint density at radius 3 is 2.37 bits per heavy atom. The zero-order valence-electron chi connectivity index (χ0n) is 17.1. The van der Waals surface area contributed by atoms with E-state index in [1.165, 1.54) is 31.8 Å². The van der Waals surface area contributed by atoms with Crippen molar-refractivity contribution in [2.24, 2.45) is 0 Å². The molecule has 0 spiro atoms. The third kappa shape index (κ3) is 3.91. The fourth-order valence-corrected chi connectivity index (χ4v) is 4.56. The first-order valence-electron chi connectivity index (χ1n) is 10.2. The zero-order valence-corrected chi connectivity index (χ0v) is 17.1. The van der Waals surface area contributed by atoms with Crippen LogP contribution in [0.15, 0.2) is 4.52 Å². The molecule has 0 saturated carbocycles. The summed E-state index contributed by atoms with van der Waals surface area (Å²) in [5, 5.41) is 8.79. The molecule has 0 unspecified atom stereocenters. The number of piperidine rings is 2. The van der Waals surface area contributed by atoms with Crippen molar-refractivity contribution in [3.05, 3.63) is 23.4 Å². The van der Waals surface area contributed by atoms with E-state index in [0.717, 1.165) is 50.1 Å². The number of nitrogens with zero attached hydrogens (tertiary/aromatic N) is 7. The topological polar surface area (TPSA) is 67.1 Å². The minimum atomic E-state index is 0.395. The SMILES string of the molecule is Cc1noc(C2CCN(Cn3nc(C)[n+](C4CCN(C)CC4)c3C)CC2)n1. The molecule has 0 aliphatic carbocycles. The predicted octanol–water partition coefficient (Wildman–Crippen LogP) is 1.58. The Balaban J connectivity index is 1.38. The van der Waals surface area contributed by atoms with Crippen molar-refractivity contribution in [1.29, 1.82) is 0 Å². The van der Waals surface area contributed by atoms with Crippen LogP contribution >= 0.6 is 0 Å². The number of hydrogen-bond donors (Lipinski definition) is 0. The van der Waals surface area contributed by atoms with Crippen LogP contribution in [0, 0.1) is 20.8 Å². The zero-order chi connectivity index (χ0) is 19.0. The first-order chi connectivity index (χ1) is 13.0. The number of rotatable bonds is 4. The lowest BCUT2D eigenvalue weighted by Gasteiger charge is -2.29. The molecule has 8 nitrogen and oxygen atoms in total. The van der Waals surface area contributed by atoms with Gasteiger partial charge in [0.15, 0.2) is 12.5 Å². The van der Waals surface area contributed by atoms with Crippen LogP contribution in [-0.4, -0.2) is 62.9 Å². The maximum absolute atomic E-state index is 5.37. The van der Waals surface area contributed by atoms with Gasteiger partial charge in [-0.25, -0.2) is 4.57 Å². The molecule has 2 saturated heterocycles. The van der Waals surface area contributed by atoms with Gasteiger partial charge in [-0.1, -0.05) is 9.84 Å². The average Bonchev–Trinajstić information content (AvgIpc) is 3.20. The molecule has 0 amide bonds. The van der Waals surface area contributed by atoms with Crippen LogP contribution in [0.4, 0.5) is 0 Å². The highest BCUT2D eigenvalue weighted by molar-refractivity contribution is 4.95. The van der Waals surface area contributed by atoms with Crippen molar-refractivity contribution in [3.63, 3.8) is 0 Å². The number of aromatic nitrogens is 5. The molecule has 0 atom stereocenters. The molecule has 0 radical (unpaired) electrons. The molecule has 2 aromatic heterocycles. The second-order valence-corrected chi connectivity index (χ2v) is 8.21. The first-order valence-corrected chi connectivity index (χ1v) is 10.2. The molecule has 4 heterocycles. The predicted molar refractivity (Wildman–Crippen MR) is 100 cm³/mol. The fourth-order valence-electron chi connectivity index (χ4n) is 4.56. The van der Waals surface area contributed by atoms with Gasteiger partial charge in [0.1, 0.15) is 0 Å². The largest absolute Gasteiger partial charge is 0.339 e.